The molecule has 2 aromatic carbocycles. The second-order valence-corrected chi connectivity index (χ2v) is 3.93. The SMILES string of the molecule is CCc1ccc(Oc2cccc(C#N)c2N)cc1. The summed E-state index contributed by atoms with van der Waals surface area (Å²) < 4.78 is 5.68. The summed E-state index contributed by atoms with van der Waals surface area (Å²) in [6.07, 6.45) is 0.992. The number of nitriles is 1. The number of anilines is 1. The molecule has 0 unspecified atom stereocenters. The number of aryl methyl sites for hydroxylation is 1. The second-order valence-electron chi connectivity index (χ2n) is 3.93. The van der Waals surface area contributed by atoms with Crippen molar-refractivity contribution in [2.24, 2.45) is 0 Å². The first-order chi connectivity index (χ1) is 8.74. The van der Waals surface area contributed by atoms with E-state index in [1.807, 2.05) is 30.3 Å². The number of nitrogens with two attached hydrogens (primary N) is 1. The Balaban J connectivity index is 2.26. The van der Waals surface area contributed by atoms with Crippen LogP contribution in [0.4, 0.5) is 5.69 Å². The van der Waals surface area contributed by atoms with Gasteiger partial charge in [-0.25, -0.2) is 0 Å². The molecule has 90 valence electrons. The summed E-state index contributed by atoms with van der Waals surface area (Å²) in [5.74, 6) is 1.23. The lowest BCUT2D eigenvalue weighted by Gasteiger charge is -2.09. The van der Waals surface area contributed by atoms with Crippen LogP contribution in [0, 0.1) is 11.3 Å². The minimum absolute atomic E-state index is 0.375. The molecule has 0 aliphatic rings. The minimum atomic E-state index is 0.375. The molecule has 0 aliphatic heterocycles. The molecule has 0 saturated carbocycles. The van der Waals surface area contributed by atoms with Crippen LogP contribution in [0.15, 0.2) is 42.5 Å². The number of hydrogen-bond donors (Lipinski definition) is 1. The van der Waals surface area contributed by atoms with E-state index in [-0.39, 0.29) is 0 Å². The molecule has 0 saturated heterocycles. The van der Waals surface area contributed by atoms with Crippen molar-refractivity contribution in [3.05, 3.63) is 53.6 Å². The number of ether oxygens (including phenoxy) is 1. The predicted octanol–water partition coefficient (Wildman–Crippen LogP) is 3.50. The minimum Gasteiger partial charge on any atom is -0.455 e. The first kappa shape index (κ1) is 12.0. The molecule has 0 bridgehead atoms. The Morgan fingerprint density at radius 2 is 1.89 bits per heavy atom. The fourth-order valence-corrected chi connectivity index (χ4v) is 1.65. The van der Waals surface area contributed by atoms with Crippen LogP contribution in [-0.4, -0.2) is 0 Å². The van der Waals surface area contributed by atoms with Gasteiger partial charge >= 0.3 is 0 Å². The van der Waals surface area contributed by atoms with Crippen molar-refractivity contribution in [3.8, 4) is 17.6 Å². The van der Waals surface area contributed by atoms with Gasteiger partial charge in [-0.1, -0.05) is 25.1 Å². The Morgan fingerprint density at radius 1 is 1.17 bits per heavy atom. The molecular formula is C15H14N2O. The van der Waals surface area contributed by atoms with Gasteiger partial charge in [-0.3, -0.25) is 0 Å². The first-order valence-corrected chi connectivity index (χ1v) is 5.80. The van der Waals surface area contributed by atoms with Gasteiger partial charge in [-0.15, -0.1) is 0 Å². The molecule has 0 heterocycles. The molecule has 0 atom stereocenters. The monoisotopic (exact) mass is 238 g/mol. The van der Waals surface area contributed by atoms with Gasteiger partial charge in [0.05, 0.1) is 11.3 Å². The number of nitrogen functional groups attached to an aromatic ring is 1. The van der Waals surface area contributed by atoms with Crippen molar-refractivity contribution < 1.29 is 4.74 Å². The summed E-state index contributed by atoms with van der Waals surface area (Å²) in [6.45, 7) is 2.10. The second kappa shape index (κ2) is 5.24. The van der Waals surface area contributed by atoms with E-state index >= 15 is 0 Å². The molecule has 0 fully saturated rings. The van der Waals surface area contributed by atoms with E-state index in [4.69, 9.17) is 15.7 Å². The van der Waals surface area contributed by atoms with Gasteiger partial charge in [0.2, 0.25) is 0 Å². The number of rotatable bonds is 3. The summed E-state index contributed by atoms with van der Waals surface area (Å²) in [6, 6.07) is 15.0. The van der Waals surface area contributed by atoms with Crippen LogP contribution in [0.1, 0.15) is 18.1 Å². The first-order valence-electron chi connectivity index (χ1n) is 5.80. The lowest BCUT2D eigenvalue weighted by molar-refractivity contribution is 0.485. The highest BCUT2D eigenvalue weighted by molar-refractivity contribution is 5.63. The number of benzene rings is 2. The van der Waals surface area contributed by atoms with Crippen LogP contribution in [0.2, 0.25) is 0 Å². The lowest BCUT2D eigenvalue weighted by Crippen LogP contribution is -1.95. The van der Waals surface area contributed by atoms with E-state index in [9.17, 15) is 0 Å². The molecule has 3 nitrogen and oxygen atoms in total. The van der Waals surface area contributed by atoms with Crippen LogP contribution in [0.5, 0.6) is 11.5 Å². The van der Waals surface area contributed by atoms with E-state index in [1.165, 1.54) is 5.56 Å². The predicted molar refractivity (Wildman–Crippen MR) is 71.5 cm³/mol. The highest BCUT2D eigenvalue weighted by Gasteiger charge is 2.06. The topological polar surface area (TPSA) is 59.0 Å². The Labute approximate surface area is 106 Å². The molecule has 0 amide bonds. The van der Waals surface area contributed by atoms with Crippen molar-refractivity contribution >= 4 is 5.69 Å². The maximum atomic E-state index is 8.89. The number of hydrogen-bond acceptors (Lipinski definition) is 3. The summed E-state index contributed by atoms with van der Waals surface area (Å²) in [7, 11) is 0. The van der Waals surface area contributed by atoms with Crippen molar-refractivity contribution in [1.29, 1.82) is 5.26 Å². The summed E-state index contributed by atoms with van der Waals surface area (Å²) >= 11 is 0. The molecule has 2 N–H and O–H groups in total. The van der Waals surface area contributed by atoms with Crippen LogP contribution in [0.3, 0.4) is 0 Å². The molecule has 0 aliphatic carbocycles. The number of nitrogens with zero attached hydrogens (tertiary/aromatic N) is 1. The molecule has 18 heavy (non-hydrogen) atoms. The van der Waals surface area contributed by atoms with Gasteiger partial charge in [-0.05, 0) is 36.2 Å². The van der Waals surface area contributed by atoms with Crippen LogP contribution in [0.25, 0.3) is 0 Å². The average Bonchev–Trinajstić information content (AvgIpc) is 2.42. The highest BCUT2D eigenvalue weighted by Crippen LogP contribution is 2.29. The zero-order valence-corrected chi connectivity index (χ0v) is 10.2. The Morgan fingerprint density at radius 3 is 2.50 bits per heavy atom. The maximum Gasteiger partial charge on any atom is 0.151 e. The van der Waals surface area contributed by atoms with Crippen molar-refractivity contribution in [1.82, 2.24) is 0 Å². The van der Waals surface area contributed by atoms with Gasteiger partial charge in [0.25, 0.3) is 0 Å². The smallest absolute Gasteiger partial charge is 0.151 e. The van der Waals surface area contributed by atoms with Gasteiger partial charge < -0.3 is 10.5 Å². The Kier molecular flexibility index (Phi) is 3.49. The summed E-state index contributed by atoms with van der Waals surface area (Å²) in [4.78, 5) is 0. The van der Waals surface area contributed by atoms with E-state index in [0.29, 0.717) is 22.7 Å². The maximum absolute atomic E-state index is 8.89. The largest absolute Gasteiger partial charge is 0.455 e. The third-order valence-corrected chi connectivity index (χ3v) is 2.75. The van der Waals surface area contributed by atoms with Gasteiger partial charge in [-0.2, -0.15) is 5.26 Å². The van der Waals surface area contributed by atoms with Crippen molar-refractivity contribution in [3.63, 3.8) is 0 Å². The Bertz CT molecular complexity index is 582. The van der Waals surface area contributed by atoms with Crippen molar-refractivity contribution in [2.75, 3.05) is 5.73 Å². The lowest BCUT2D eigenvalue weighted by atomic mass is 10.1. The zero-order chi connectivity index (χ0) is 13.0. The van der Waals surface area contributed by atoms with Crippen LogP contribution >= 0.6 is 0 Å². The zero-order valence-electron chi connectivity index (χ0n) is 10.2. The van der Waals surface area contributed by atoms with Crippen molar-refractivity contribution in [2.45, 2.75) is 13.3 Å². The molecule has 2 aromatic rings. The van der Waals surface area contributed by atoms with E-state index in [2.05, 4.69) is 6.92 Å². The van der Waals surface area contributed by atoms with Gasteiger partial charge in [0.1, 0.15) is 11.8 Å². The molecule has 0 spiro atoms. The van der Waals surface area contributed by atoms with Crippen LogP contribution < -0.4 is 10.5 Å². The summed E-state index contributed by atoms with van der Waals surface area (Å²) in [5, 5.41) is 8.89. The quantitative estimate of drug-likeness (QED) is 0.832. The number of para-hydroxylation sites is 1. The fraction of sp³-hybridized carbons (Fsp3) is 0.133. The summed E-state index contributed by atoms with van der Waals surface area (Å²) in [5.41, 5.74) is 7.90. The van der Waals surface area contributed by atoms with E-state index in [1.54, 1.807) is 18.2 Å². The Hall–Kier alpha value is -2.47. The average molecular weight is 238 g/mol. The highest BCUT2D eigenvalue weighted by atomic mass is 16.5. The molecular weight excluding hydrogens is 224 g/mol. The molecule has 0 aromatic heterocycles. The fourth-order valence-electron chi connectivity index (χ4n) is 1.65. The van der Waals surface area contributed by atoms with Gasteiger partial charge in [0.15, 0.2) is 5.75 Å². The van der Waals surface area contributed by atoms with E-state index in [0.717, 1.165) is 6.42 Å². The molecule has 0 radical (unpaired) electrons. The third-order valence-electron chi connectivity index (χ3n) is 2.75. The molecule has 3 heteroatoms. The van der Waals surface area contributed by atoms with Crippen LogP contribution in [-0.2, 0) is 6.42 Å². The van der Waals surface area contributed by atoms with E-state index < -0.39 is 0 Å². The third kappa shape index (κ3) is 2.44. The standard InChI is InChI=1S/C15H14N2O/c1-2-11-6-8-13(9-7-11)18-14-5-3-4-12(10-16)15(14)17/h3-9H,2,17H2,1H3. The molecule has 2 rings (SSSR count). The normalized spacial score (nSPS) is 9.78. The van der Waals surface area contributed by atoms with Gasteiger partial charge in [0, 0.05) is 0 Å².